The second-order valence-electron chi connectivity index (χ2n) is 4.56. The molecule has 0 spiro atoms. The van der Waals surface area contributed by atoms with Gasteiger partial charge in [0.2, 0.25) is 0 Å². The van der Waals surface area contributed by atoms with E-state index >= 15 is 0 Å². The van der Waals surface area contributed by atoms with E-state index in [1.54, 1.807) is 13.1 Å². The number of rotatable bonds is 4. The molecule has 2 rings (SSSR count). The molecule has 21 heavy (non-hydrogen) atoms. The van der Waals surface area contributed by atoms with Gasteiger partial charge in [-0.3, -0.25) is 14.9 Å². The van der Waals surface area contributed by atoms with E-state index in [9.17, 15) is 14.9 Å². The average Bonchev–Trinajstić information content (AvgIpc) is 2.49. The number of carbonyl (C=O) groups excluding carboxylic acids is 1. The number of hydrogen-bond acceptors (Lipinski definition) is 3. The molecule has 0 N–H and O–H groups in total. The van der Waals surface area contributed by atoms with Crippen LogP contribution in [-0.4, -0.2) is 22.8 Å². The highest BCUT2D eigenvalue weighted by molar-refractivity contribution is 9.10. The fraction of sp³-hybridized carbons (Fsp3) is 0.133. The first kappa shape index (κ1) is 15.2. The highest BCUT2D eigenvalue weighted by Gasteiger charge is 2.16. The van der Waals surface area contributed by atoms with E-state index in [1.165, 1.54) is 23.1 Å². The minimum atomic E-state index is -0.509. The Morgan fingerprint density at radius 2 is 1.95 bits per heavy atom. The van der Waals surface area contributed by atoms with Crippen LogP contribution in [0.4, 0.5) is 5.69 Å². The first-order valence-corrected chi connectivity index (χ1v) is 7.01. The van der Waals surface area contributed by atoms with Gasteiger partial charge in [-0.05, 0) is 17.7 Å². The lowest BCUT2D eigenvalue weighted by Gasteiger charge is -2.18. The highest BCUT2D eigenvalue weighted by Crippen LogP contribution is 2.19. The van der Waals surface area contributed by atoms with Gasteiger partial charge in [-0.15, -0.1) is 0 Å². The van der Waals surface area contributed by atoms with E-state index < -0.39 is 4.92 Å². The van der Waals surface area contributed by atoms with Gasteiger partial charge in [0.25, 0.3) is 11.6 Å². The van der Waals surface area contributed by atoms with Crippen LogP contribution in [0.15, 0.2) is 53.0 Å². The van der Waals surface area contributed by atoms with Gasteiger partial charge in [-0.25, -0.2) is 0 Å². The summed E-state index contributed by atoms with van der Waals surface area (Å²) in [6.07, 6.45) is 0. The minimum absolute atomic E-state index is 0.0878. The molecular formula is C15H13BrN2O3. The minimum Gasteiger partial charge on any atom is -0.337 e. The largest absolute Gasteiger partial charge is 0.337 e. The SMILES string of the molecule is CN(Cc1ccccc1Br)C(=O)c1cccc([N+](=O)[O-])c1. The van der Waals surface area contributed by atoms with Gasteiger partial charge in [0, 0.05) is 35.8 Å². The molecule has 0 atom stereocenters. The molecule has 0 bridgehead atoms. The van der Waals surface area contributed by atoms with Crippen molar-refractivity contribution in [3.8, 4) is 0 Å². The molecule has 0 aliphatic carbocycles. The Balaban J connectivity index is 2.18. The Bertz CT molecular complexity index is 688. The van der Waals surface area contributed by atoms with Crippen LogP contribution in [0, 0.1) is 10.1 Å². The molecule has 2 aromatic carbocycles. The van der Waals surface area contributed by atoms with Crippen molar-refractivity contribution in [2.45, 2.75) is 6.54 Å². The molecule has 0 heterocycles. The van der Waals surface area contributed by atoms with Gasteiger partial charge in [0.1, 0.15) is 0 Å². The Hall–Kier alpha value is -2.21. The molecule has 0 aliphatic heterocycles. The van der Waals surface area contributed by atoms with Crippen LogP contribution < -0.4 is 0 Å². The van der Waals surface area contributed by atoms with Crippen molar-refractivity contribution in [2.75, 3.05) is 7.05 Å². The van der Waals surface area contributed by atoms with E-state index in [1.807, 2.05) is 24.3 Å². The number of nitrogens with zero attached hydrogens (tertiary/aromatic N) is 2. The first-order chi connectivity index (χ1) is 9.99. The second kappa shape index (κ2) is 6.49. The Morgan fingerprint density at radius 3 is 2.62 bits per heavy atom. The third-order valence-electron chi connectivity index (χ3n) is 3.02. The molecule has 2 aromatic rings. The Labute approximate surface area is 130 Å². The van der Waals surface area contributed by atoms with Crippen LogP contribution in [0.25, 0.3) is 0 Å². The van der Waals surface area contributed by atoms with Gasteiger partial charge in [-0.2, -0.15) is 0 Å². The van der Waals surface area contributed by atoms with Crippen LogP contribution in [0.1, 0.15) is 15.9 Å². The monoisotopic (exact) mass is 348 g/mol. The summed E-state index contributed by atoms with van der Waals surface area (Å²) >= 11 is 3.43. The summed E-state index contributed by atoms with van der Waals surface area (Å²) in [6, 6.07) is 13.4. The number of benzene rings is 2. The Morgan fingerprint density at radius 1 is 1.24 bits per heavy atom. The number of amides is 1. The lowest BCUT2D eigenvalue weighted by Crippen LogP contribution is -2.26. The summed E-state index contributed by atoms with van der Waals surface area (Å²) in [7, 11) is 1.67. The fourth-order valence-corrected chi connectivity index (χ4v) is 2.34. The molecule has 0 unspecified atom stereocenters. The van der Waals surface area contributed by atoms with Crippen molar-refractivity contribution in [3.05, 3.63) is 74.2 Å². The fourth-order valence-electron chi connectivity index (χ4n) is 1.93. The maximum atomic E-state index is 12.3. The van der Waals surface area contributed by atoms with Crippen molar-refractivity contribution >= 4 is 27.5 Å². The molecule has 0 fully saturated rings. The lowest BCUT2D eigenvalue weighted by atomic mass is 10.1. The van der Waals surface area contributed by atoms with Crippen LogP contribution in [0.2, 0.25) is 0 Å². The van der Waals surface area contributed by atoms with Crippen LogP contribution in [0.3, 0.4) is 0 Å². The van der Waals surface area contributed by atoms with Crippen molar-refractivity contribution in [2.24, 2.45) is 0 Å². The van der Waals surface area contributed by atoms with Crippen LogP contribution in [-0.2, 0) is 6.54 Å². The quantitative estimate of drug-likeness (QED) is 0.625. The number of carbonyl (C=O) groups is 1. The average molecular weight is 349 g/mol. The number of hydrogen-bond donors (Lipinski definition) is 0. The van der Waals surface area contributed by atoms with Gasteiger partial charge in [0.05, 0.1) is 4.92 Å². The second-order valence-corrected chi connectivity index (χ2v) is 5.41. The zero-order chi connectivity index (χ0) is 15.4. The third-order valence-corrected chi connectivity index (χ3v) is 3.79. The number of nitro groups is 1. The molecule has 0 saturated carbocycles. The number of nitro benzene ring substituents is 1. The van der Waals surface area contributed by atoms with E-state index in [-0.39, 0.29) is 11.6 Å². The smallest absolute Gasteiger partial charge is 0.270 e. The highest BCUT2D eigenvalue weighted by atomic mass is 79.9. The van der Waals surface area contributed by atoms with Gasteiger partial charge < -0.3 is 4.90 Å². The summed E-state index contributed by atoms with van der Waals surface area (Å²) in [4.78, 5) is 24.1. The first-order valence-electron chi connectivity index (χ1n) is 6.22. The Kier molecular flexibility index (Phi) is 4.70. The van der Waals surface area contributed by atoms with E-state index in [2.05, 4.69) is 15.9 Å². The molecule has 0 aliphatic rings. The zero-order valence-corrected chi connectivity index (χ0v) is 12.9. The summed E-state index contributed by atoms with van der Waals surface area (Å²) in [5.74, 6) is -0.255. The van der Waals surface area contributed by atoms with Crippen molar-refractivity contribution in [3.63, 3.8) is 0 Å². The molecule has 1 amide bonds. The molecule has 0 saturated heterocycles. The van der Waals surface area contributed by atoms with Crippen molar-refractivity contribution < 1.29 is 9.72 Å². The molecule has 6 heteroatoms. The van der Waals surface area contributed by atoms with Crippen LogP contribution in [0.5, 0.6) is 0 Å². The third kappa shape index (κ3) is 3.66. The number of non-ortho nitro benzene ring substituents is 1. The molecular weight excluding hydrogens is 336 g/mol. The topological polar surface area (TPSA) is 63.5 Å². The maximum Gasteiger partial charge on any atom is 0.270 e. The lowest BCUT2D eigenvalue weighted by molar-refractivity contribution is -0.384. The molecule has 0 aromatic heterocycles. The van der Waals surface area contributed by atoms with Gasteiger partial charge in [0.15, 0.2) is 0 Å². The van der Waals surface area contributed by atoms with E-state index in [4.69, 9.17) is 0 Å². The molecule has 0 radical (unpaired) electrons. The summed E-state index contributed by atoms with van der Waals surface area (Å²) in [5.41, 5.74) is 1.19. The number of halogens is 1. The standard InChI is InChI=1S/C15H13BrN2O3/c1-17(10-12-5-2-3-8-14(12)16)15(19)11-6-4-7-13(9-11)18(20)21/h2-9H,10H2,1H3. The van der Waals surface area contributed by atoms with Crippen molar-refractivity contribution in [1.29, 1.82) is 0 Å². The normalized spacial score (nSPS) is 10.2. The van der Waals surface area contributed by atoms with E-state index in [0.717, 1.165) is 10.0 Å². The maximum absolute atomic E-state index is 12.3. The summed E-state index contributed by atoms with van der Waals surface area (Å²) < 4.78 is 0.920. The molecule has 5 nitrogen and oxygen atoms in total. The van der Waals surface area contributed by atoms with Gasteiger partial charge in [-0.1, -0.05) is 40.2 Å². The van der Waals surface area contributed by atoms with E-state index in [0.29, 0.717) is 12.1 Å². The predicted octanol–water partition coefficient (Wildman–Crippen LogP) is 3.63. The summed E-state index contributed by atoms with van der Waals surface area (Å²) in [6.45, 7) is 0.420. The van der Waals surface area contributed by atoms with Crippen molar-refractivity contribution in [1.82, 2.24) is 4.90 Å². The zero-order valence-electron chi connectivity index (χ0n) is 11.3. The predicted molar refractivity (Wildman–Crippen MR) is 83.0 cm³/mol. The molecule has 108 valence electrons. The summed E-state index contributed by atoms with van der Waals surface area (Å²) in [5, 5.41) is 10.8. The van der Waals surface area contributed by atoms with Gasteiger partial charge >= 0.3 is 0 Å². The van der Waals surface area contributed by atoms with Crippen LogP contribution >= 0.6 is 15.9 Å².